The van der Waals surface area contributed by atoms with Gasteiger partial charge in [-0.1, -0.05) is 38.1 Å². The number of esters is 1. The SMILES string of the molecule is CCOC(=O)c1ccc(/C=C(/C)c2ccc3c(c2)C(C)(C)CCO3)cc1. The van der Waals surface area contributed by atoms with Gasteiger partial charge in [-0.3, -0.25) is 0 Å². The predicted molar refractivity (Wildman–Crippen MR) is 106 cm³/mol. The molecule has 3 heteroatoms. The van der Waals surface area contributed by atoms with Crippen molar-refractivity contribution in [3.63, 3.8) is 0 Å². The Labute approximate surface area is 155 Å². The second-order valence-electron chi connectivity index (χ2n) is 7.36. The van der Waals surface area contributed by atoms with E-state index in [2.05, 4.69) is 45.0 Å². The highest BCUT2D eigenvalue weighted by Crippen LogP contribution is 2.39. The van der Waals surface area contributed by atoms with Gasteiger partial charge in [0.25, 0.3) is 0 Å². The number of ether oxygens (including phenoxy) is 2. The van der Waals surface area contributed by atoms with Crippen molar-refractivity contribution < 1.29 is 14.3 Å². The van der Waals surface area contributed by atoms with Crippen LogP contribution in [-0.2, 0) is 10.2 Å². The minimum Gasteiger partial charge on any atom is -0.493 e. The first kappa shape index (κ1) is 18.2. The molecule has 1 heterocycles. The Morgan fingerprint density at radius 2 is 1.85 bits per heavy atom. The zero-order valence-electron chi connectivity index (χ0n) is 16.0. The number of hydrogen-bond acceptors (Lipinski definition) is 3. The Balaban J connectivity index is 1.85. The molecule has 0 saturated heterocycles. The lowest BCUT2D eigenvalue weighted by molar-refractivity contribution is 0.0526. The van der Waals surface area contributed by atoms with Crippen LogP contribution in [0.3, 0.4) is 0 Å². The van der Waals surface area contributed by atoms with Gasteiger partial charge in [-0.2, -0.15) is 0 Å². The molecule has 3 nitrogen and oxygen atoms in total. The summed E-state index contributed by atoms with van der Waals surface area (Å²) in [7, 11) is 0. The summed E-state index contributed by atoms with van der Waals surface area (Å²) in [6.07, 6.45) is 3.16. The van der Waals surface area contributed by atoms with Crippen molar-refractivity contribution in [2.24, 2.45) is 0 Å². The van der Waals surface area contributed by atoms with Crippen molar-refractivity contribution in [3.8, 4) is 5.75 Å². The van der Waals surface area contributed by atoms with Gasteiger partial charge in [0, 0.05) is 5.56 Å². The number of benzene rings is 2. The molecule has 0 fully saturated rings. The van der Waals surface area contributed by atoms with Crippen LogP contribution >= 0.6 is 0 Å². The molecule has 0 amide bonds. The molecule has 0 saturated carbocycles. The number of fused-ring (bicyclic) bond motifs is 1. The van der Waals surface area contributed by atoms with Gasteiger partial charge in [-0.25, -0.2) is 4.79 Å². The molecule has 0 aromatic heterocycles. The van der Waals surface area contributed by atoms with Gasteiger partial charge >= 0.3 is 5.97 Å². The van der Waals surface area contributed by atoms with E-state index in [0.29, 0.717) is 12.2 Å². The molecule has 0 unspecified atom stereocenters. The Hall–Kier alpha value is -2.55. The summed E-state index contributed by atoms with van der Waals surface area (Å²) in [5, 5.41) is 0. The highest BCUT2D eigenvalue weighted by atomic mass is 16.5. The fraction of sp³-hybridized carbons (Fsp3) is 0.348. The van der Waals surface area contributed by atoms with E-state index in [1.165, 1.54) is 16.7 Å². The lowest BCUT2D eigenvalue weighted by Gasteiger charge is -2.32. The molecular formula is C23H26O3. The quantitative estimate of drug-likeness (QED) is 0.541. The first-order chi connectivity index (χ1) is 12.4. The third-order valence-electron chi connectivity index (χ3n) is 4.95. The molecule has 2 aromatic rings. The summed E-state index contributed by atoms with van der Waals surface area (Å²) in [5.74, 6) is 0.716. The first-order valence-corrected chi connectivity index (χ1v) is 9.14. The van der Waals surface area contributed by atoms with Crippen molar-refractivity contribution in [3.05, 3.63) is 64.7 Å². The summed E-state index contributed by atoms with van der Waals surface area (Å²) in [6, 6.07) is 13.9. The van der Waals surface area contributed by atoms with E-state index in [-0.39, 0.29) is 11.4 Å². The van der Waals surface area contributed by atoms with Gasteiger partial charge in [0.2, 0.25) is 0 Å². The van der Waals surface area contributed by atoms with E-state index in [4.69, 9.17) is 9.47 Å². The summed E-state index contributed by atoms with van der Waals surface area (Å²) in [6.45, 7) is 9.62. The molecular weight excluding hydrogens is 324 g/mol. The van der Waals surface area contributed by atoms with Crippen LogP contribution in [0.2, 0.25) is 0 Å². The van der Waals surface area contributed by atoms with E-state index in [1.54, 1.807) is 12.1 Å². The maximum Gasteiger partial charge on any atom is 0.338 e. The lowest BCUT2D eigenvalue weighted by Crippen LogP contribution is -2.26. The topological polar surface area (TPSA) is 35.5 Å². The Morgan fingerprint density at radius 1 is 1.15 bits per heavy atom. The molecule has 2 aromatic carbocycles. The maximum atomic E-state index is 11.7. The molecule has 1 aliphatic heterocycles. The Bertz CT molecular complexity index is 829. The standard InChI is InChI=1S/C23H26O3/c1-5-25-22(24)18-8-6-17(7-9-18)14-16(2)19-10-11-21-20(15-19)23(3,4)12-13-26-21/h6-11,14-15H,5,12-13H2,1-4H3/b16-14-. The minimum atomic E-state index is -0.281. The fourth-order valence-electron chi connectivity index (χ4n) is 3.24. The van der Waals surface area contributed by atoms with Gasteiger partial charge in [0.15, 0.2) is 0 Å². The van der Waals surface area contributed by atoms with Crippen LogP contribution in [-0.4, -0.2) is 19.2 Å². The largest absolute Gasteiger partial charge is 0.493 e. The van der Waals surface area contributed by atoms with Gasteiger partial charge in [0.1, 0.15) is 5.75 Å². The fourth-order valence-corrected chi connectivity index (χ4v) is 3.24. The molecule has 0 atom stereocenters. The van der Waals surface area contributed by atoms with E-state index in [0.717, 1.165) is 24.3 Å². The molecule has 136 valence electrons. The van der Waals surface area contributed by atoms with Crippen LogP contribution < -0.4 is 4.74 Å². The first-order valence-electron chi connectivity index (χ1n) is 9.14. The van der Waals surface area contributed by atoms with E-state index >= 15 is 0 Å². The van der Waals surface area contributed by atoms with Gasteiger partial charge < -0.3 is 9.47 Å². The van der Waals surface area contributed by atoms with E-state index in [1.807, 2.05) is 19.1 Å². The van der Waals surface area contributed by atoms with Crippen molar-refractivity contribution in [1.29, 1.82) is 0 Å². The smallest absolute Gasteiger partial charge is 0.338 e. The highest BCUT2D eigenvalue weighted by molar-refractivity contribution is 5.90. The second kappa shape index (κ2) is 7.36. The van der Waals surface area contributed by atoms with Crippen LogP contribution in [0.5, 0.6) is 5.75 Å². The van der Waals surface area contributed by atoms with Crippen molar-refractivity contribution in [1.82, 2.24) is 0 Å². The number of rotatable bonds is 4. The molecule has 0 radical (unpaired) electrons. The van der Waals surface area contributed by atoms with Crippen LogP contribution in [0.15, 0.2) is 42.5 Å². The predicted octanol–water partition coefficient (Wildman–Crippen LogP) is 5.48. The summed E-state index contributed by atoms with van der Waals surface area (Å²) < 4.78 is 10.8. The summed E-state index contributed by atoms with van der Waals surface area (Å²) >= 11 is 0. The van der Waals surface area contributed by atoms with Crippen LogP contribution in [0.25, 0.3) is 11.6 Å². The average Bonchev–Trinajstić information content (AvgIpc) is 2.62. The zero-order chi connectivity index (χ0) is 18.7. The monoisotopic (exact) mass is 350 g/mol. The average molecular weight is 350 g/mol. The molecule has 0 aliphatic carbocycles. The van der Waals surface area contributed by atoms with Crippen LogP contribution in [0, 0.1) is 0 Å². The number of carbonyl (C=O) groups is 1. The van der Waals surface area contributed by atoms with Crippen LogP contribution in [0.4, 0.5) is 0 Å². The molecule has 0 bridgehead atoms. The van der Waals surface area contributed by atoms with Gasteiger partial charge in [-0.15, -0.1) is 0 Å². The van der Waals surface area contributed by atoms with Gasteiger partial charge in [-0.05, 0) is 66.6 Å². The maximum absolute atomic E-state index is 11.7. The van der Waals surface area contributed by atoms with Crippen molar-refractivity contribution in [2.45, 2.75) is 39.5 Å². The van der Waals surface area contributed by atoms with E-state index in [9.17, 15) is 4.79 Å². The van der Waals surface area contributed by atoms with Gasteiger partial charge in [0.05, 0.1) is 18.8 Å². The summed E-state index contributed by atoms with van der Waals surface area (Å²) in [4.78, 5) is 11.7. The van der Waals surface area contributed by atoms with E-state index < -0.39 is 0 Å². The molecule has 0 spiro atoms. The second-order valence-corrected chi connectivity index (χ2v) is 7.36. The molecule has 3 rings (SSSR count). The Kier molecular flexibility index (Phi) is 5.17. The number of hydrogen-bond donors (Lipinski definition) is 0. The molecule has 26 heavy (non-hydrogen) atoms. The van der Waals surface area contributed by atoms with Crippen LogP contribution in [0.1, 0.15) is 61.2 Å². The zero-order valence-corrected chi connectivity index (χ0v) is 16.0. The van der Waals surface area contributed by atoms with Crippen molar-refractivity contribution >= 4 is 17.6 Å². The molecule has 1 aliphatic rings. The number of carbonyl (C=O) groups excluding carboxylic acids is 1. The normalized spacial score (nSPS) is 15.8. The minimum absolute atomic E-state index is 0.130. The third kappa shape index (κ3) is 3.82. The molecule has 0 N–H and O–H groups in total. The summed E-state index contributed by atoms with van der Waals surface area (Å²) in [5.41, 5.74) is 5.41. The lowest BCUT2D eigenvalue weighted by atomic mass is 9.79. The number of allylic oxidation sites excluding steroid dienone is 1. The highest BCUT2D eigenvalue weighted by Gasteiger charge is 2.28. The van der Waals surface area contributed by atoms with Crippen molar-refractivity contribution in [2.75, 3.05) is 13.2 Å². The third-order valence-corrected chi connectivity index (χ3v) is 4.95. The Morgan fingerprint density at radius 3 is 2.54 bits per heavy atom.